The number of rotatable bonds is 3. The van der Waals surface area contributed by atoms with E-state index in [1.54, 1.807) is 6.07 Å². The summed E-state index contributed by atoms with van der Waals surface area (Å²) in [6.07, 6.45) is 3.81. The molecule has 1 saturated carbocycles. The Bertz CT molecular complexity index is 587. The number of aryl methyl sites for hydroxylation is 1. The number of hydrogen-bond donors (Lipinski definition) is 3. The van der Waals surface area contributed by atoms with Gasteiger partial charge in [0.15, 0.2) is 0 Å². The first-order chi connectivity index (χ1) is 10.3. The van der Waals surface area contributed by atoms with Crippen molar-refractivity contribution in [2.24, 2.45) is 11.7 Å². The highest BCUT2D eigenvalue weighted by Gasteiger charge is 2.37. The number of amides is 2. The van der Waals surface area contributed by atoms with Gasteiger partial charge in [0, 0.05) is 23.8 Å². The van der Waals surface area contributed by atoms with Gasteiger partial charge in [-0.2, -0.15) is 0 Å². The predicted octanol–water partition coefficient (Wildman–Crippen LogP) is 3.22. The first-order valence-electron chi connectivity index (χ1n) is 7.77. The average Bonchev–Trinajstić information content (AvgIpc) is 2.41. The molecule has 0 radical (unpaired) electrons. The quantitative estimate of drug-likeness (QED) is 0.790. The fourth-order valence-corrected chi connectivity index (χ4v) is 3.04. The Morgan fingerprint density at radius 2 is 1.96 bits per heavy atom. The molecule has 1 aliphatic carbocycles. The van der Waals surface area contributed by atoms with Gasteiger partial charge in [0.2, 0.25) is 11.8 Å². The lowest BCUT2D eigenvalue weighted by Crippen LogP contribution is -2.51. The number of carbonyl (C=O) groups excluding carboxylic acids is 2. The molecule has 4 N–H and O–H groups in total. The average molecular weight is 340 g/mol. The van der Waals surface area contributed by atoms with Gasteiger partial charge in [0.1, 0.15) is 0 Å². The minimum absolute atomic E-state index is 0. The van der Waals surface area contributed by atoms with E-state index < -0.39 is 5.54 Å². The van der Waals surface area contributed by atoms with E-state index in [0.717, 1.165) is 31.2 Å². The predicted molar refractivity (Wildman–Crippen MR) is 95.9 cm³/mol. The Hall–Kier alpha value is -1.59. The molecule has 2 rings (SSSR count). The van der Waals surface area contributed by atoms with Crippen molar-refractivity contribution in [2.45, 2.75) is 52.0 Å². The Kier molecular flexibility index (Phi) is 6.59. The Balaban J connectivity index is 0.00000264. The standard InChI is InChI=1S/C17H25N3O2.ClH/c1-11-7-8-13(10-15(11)19-12(2)21)20-16(22)14-6-4-5-9-17(14,3)18;/h7-8,10,14H,4-6,9,18H2,1-3H3,(H,19,21)(H,20,22);1H. The molecule has 1 fully saturated rings. The van der Waals surface area contributed by atoms with Crippen LogP contribution in [0.2, 0.25) is 0 Å². The molecule has 0 heterocycles. The largest absolute Gasteiger partial charge is 0.326 e. The van der Waals surface area contributed by atoms with Crippen LogP contribution in [0.25, 0.3) is 0 Å². The summed E-state index contributed by atoms with van der Waals surface area (Å²) >= 11 is 0. The molecule has 0 bridgehead atoms. The second-order valence-electron chi connectivity index (χ2n) is 6.50. The first kappa shape index (κ1) is 19.5. The lowest BCUT2D eigenvalue weighted by atomic mass is 9.74. The highest BCUT2D eigenvalue weighted by Crippen LogP contribution is 2.32. The topological polar surface area (TPSA) is 84.2 Å². The van der Waals surface area contributed by atoms with Crippen molar-refractivity contribution in [2.75, 3.05) is 10.6 Å². The molecule has 0 aliphatic heterocycles. The smallest absolute Gasteiger partial charge is 0.229 e. The van der Waals surface area contributed by atoms with Crippen LogP contribution in [0.15, 0.2) is 18.2 Å². The molecule has 0 saturated heterocycles. The van der Waals surface area contributed by atoms with Gasteiger partial charge in [-0.25, -0.2) is 0 Å². The second-order valence-corrected chi connectivity index (χ2v) is 6.50. The zero-order valence-corrected chi connectivity index (χ0v) is 14.8. The highest BCUT2D eigenvalue weighted by atomic mass is 35.5. The Morgan fingerprint density at radius 1 is 1.26 bits per heavy atom. The fraction of sp³-hybridized carbons (Fsp3) is 0.529. The molecular formula is C17H26ClN3O2. The zero-order chi connectivity index (χ0) is 16.3. The molecule has 0 spiro atoms. The summed E-state index contributed by atoms with van der Waals surface area (Å²) in [5.74, 6) is -0.345. The van der Waals surface area contributed by atoms with Gasteiger partial charge in [0.25, 0.3) is 0 Å². The third kappa shape index (κ3) is 4.94. The lowest BCUT2D eigenvalue weighted by Gasteiger charge is -2.37. The van der Waals surface area contributed by atoms with E-state index in [1.165, 1.54) is 6.92 Å². The van der Waals surface area contributed by atoms with Crippen LogP contribution in [0, 0.1) is 12.8 Å². The van der Waals surface area contributed by atoms with Crippen LogP contribution in [0.1, 0.15) is 45.1 Å². The van der Waals surface area contributed by atoms with Gasteiger partial charge in [-0.3, -0.25) is 9.59 Å². The summed E-state index contributed by atoms with van der Waals surface area (Å²) in [7, 11) is 0. The van der Waals surface area contributed by atoms with Crippen molar-refractivity contribution in [3.63, 3.8) is 0 Å². The van der Waals surface area contributed by atoms with E-state index in [0.29, 0.717) is 11.4 Å². The van der Waals surface area contributed by atoms with E-state index >= 15 is 0 Å². The summed E-state index contributed by atoms with van der Waals surface area (Å²) in [4.78, 5) is 23.7. The summed E-state index contributed by atoms with van der Waals surface area (Å²) in [6, 6.07) is 5.50. The number of anilines is 2. The van der Waals surface area contributed by atoms with Gasteiger partial charge in [0.05, 0.1) is 5.92 Å². The Labute approximate surface area is 143 Å². The summed E-state index contributed by atoms with van der Waals surface area (Å²) in [5.41, 5.74) is 8.17. The number of benzene rings is 1. The van der Waals surface area contributed by atoms with E-state index in [4.69, 9.17) is 5.73 Å². The molecule has 2 atom stereocenters. The normalized spacial score (nSPS) is 23.6. The van der Waals surface area contributed by atoms with E-state index in [9.17, 15) is 9.59 Å². The van der Waals surface area contributed by atoms with E-state index in [2.05, 4.69) is 10.6 Å². The van der Waals surface area contributed by atoms with Crippen molar-refractivity contribution >= 4 is 35.6 Å². The van der Waals surface area contributed by atoms with Crippen LogP contribution in [-0.2, 0) is 9.59 Å². The molecule has 1 aliphatic rings. The van der Waals surface area contributed by atoms with Gasteiger partial charge in [-0.1, -0.05) is 18.9 Å². The van der Waals surface area contributed by atoms with Gasteiger partial charge >= 0.3 is 0 Å². The molecule has 1 aromatic carbocycles. The van der Waals surface area contributed by atoms with Crippen LogP contribution in [-0.4, -0.2) is 17.4 Å². The van der Waals surface area contributed by atoms with Gasteiger partial charge in [-0.05, 0) is 44.4 Å². The summed E-state index contributed by atoms with van der Waals surface area (Å²) < 4.78 is 0. The second kappa shape index (κ2) is 7.79. The molecule has 5 nitrogen and oxygen atoms in total. The molecule has 128 valence electrons. The number of nitrogens with two attached hydrogens (primary N) is 1. The van der Waals surface area contributed by atoms with Crippen molar-refractivity contribution in [3.8, 4) is 0 Å². The number of halogens is 1. The zero-order valence-electron chi connectivity index (χ0n) is 13.9. The van der Waals surface area contributed by atoms with Gasteiger partial charge in [-0.15, -0.1) is 12.4 Å². The van der Waals surface area contributed by atoms with Crippen molar-refractivity contribution in [1.29, 1.82) is 0 Å². The maximum atomic E-state index is 12.5. The van der Waals surface area contributed by atoms with Crippen LogP contribution in [0.4, 0.5) is 11.4 Å². The minimum atomic E-state index is -0.451. The SMILES string of the molecule is CC(=O)Nc1cc(NC(=O)C2CCCCC2(C)N)ccc1C.Cl. The first-order valence-corrected chi connectivity index (χ1v) is 7.77. The van der Waals surface area contributed by atoms with Crippen LogP contribution in [0.5, 0.6) is 0 Å². The third-order valence-corrected chi connectivity index (χ3v) is 4.39. The molecular weight excluding hydrogens is 314 g/mol. The third-order valence-electron chi connectivity index (χ3n) is 4.39. The monoisotopic (exact) mass is 339 g/mol. The van der Waals surface area contributed by atoms with E-state index in [-0.39, 0.29) is 30.1 Å². The number of hydrogen-bond acceptors (Lipinski definition) is 3. The molecule has 2 unspecified atom stereocenters. The molecule has 0 aromatic heterocycles. The maximum Gasteiger partial charge on any atom is 0.229 e. The molecule has 2 amide bonds. The summed E-state index contributed by atoms with van der Waals surface area (Å²) in [6.45, 7) is 5.33. The minimum Gasteiger partial charge on any atom is -0.326 e. The van der Waals surface area contributed by atoms with Crippen molar-refractivity contribution in [3.05, 3.63) is 23.8 Å². The Morgan fingerprint density at radius 3 is 2.57 bits per heavy atom. The van der Waals surface area contributed by atoms with Crippen LogP contribution >= 0.6 is 12.4 Å². The van der Waals surface area contributed by atoms with Crippen molar-refractivity contribution < 1.29 is 9.59 Å². The fourth-order valence-electron chi connectivity index (χ4n) is 3.04. The molecule has 1 aromatic rings. The van der Waals surface area contributed by atoms with Crippen LogP contribution < -0.4 is 16.4 Å². The summed E-state index contributed by atoms with van der Waals surface area (Å²) in [5, 5.41) is 5.71. The highest BCUT2D eigenvalue weighted by molar-refractivity contribution is 5.95. The van der Waals surface area contributed by atoms with Gasteiger partial charge < -0.3 is 16.4 Å². The number of nitrogens with one attached hydrogen (secondary N) is 2. The van der Waals surface area contributed by atoms with Crippen LogP contribution in [0.3, 0.4) is 0 Å². The lowest BCUT2D eigenvalue weighted by molar-refractivity contribution is -0.122. The molecule has 23 heavy (non-hydrogen) atoms. The number of carbonyl (C=O) groups is 2. The van der Waals surface area contributed by atoms with Crippen molar-refractivity contribution in [1.82, 2.24) is 0 Å². The van der Waals surface area contributed by atoms with E-state index in [1.807, 2.05) is 26.0 Å². The molecule has 6 heteroatoms. The maximum absolute atomic E-state index is 12.5.